The van der Waals surface area contributed by atoms with E-state index in [1.54, 1.807) is 19.1 Å². The smallest absolute Gasteiger partial charge is 0.334 e. The maximum atomic E-state index is 12.6. The van der Waals surface area contributed by atoms with Gasteiger partial charge in [0.25, 0.3) is 0 Å². The molecule has 0 unspecified atom stereocenters. The Morgan fingerprint density at radius 2 is 1.93 bits per heavy atom. The summed E-state index contributed by atoms with van der Waals surface area (Å²) < 4.78 is 11.3. The third-order valence-electron chi connectivity index (χ3n) is 6.24. The van der Waals surface area contributed by atoms with E-state index in [9.17, 15) is 24.3 Å². The van der Waals surface area contributed by atoms with Gasteiger partial charge < -0.3 is 19.4 Å². The Morgan fingerprint density at radius 3 is 2.60 bits per heavy atom. The highest BCUT2D eigenvalue weighted by Gasteiger charge is 2.56. The summed E-state index contributed by atoms with van der Waals surface area (Å²) >= 11 is 0. The molecule has 4 rings (SSSR count). The van der Waals surface area contributed by atoms with E-state index in [1.807, 2.05) is 0 Å². The third kappa shape index (κ3) is 3.34. The minimum Gasteiger partial charge on any atom is -0.508 e. The standard InChI is InChI=1S/C23H22O7/c1-11-7-17(29-18(27)8-13-3-5-15(25)6-4-13)20-12(2)23(28)30-22(20)21-14(10-24)9-16(26)19(11)21/h3-6,10,14,17,20-22,25H,2,7-9H2,1H3/t14-,17+,20-,21+,22+/m1/s1. The Bertz CT molecular complexity index is 972. The molecule has 0 aromatic heterocycles. The minimum atomic E-state index is -0.759. The summed E-state index contributed by atoms with van der Waals surface area (Å²) in [6, 6.07) is 6.21. The molecule has 5 atom stereocenters. The van der Waals surface area contributed by atoms with Crippen LogP contribution in [-0.4, -0.2) is 41.3 Å². The second-order valence-electron chi connectivity index (χ2n) is 8.14. The van der Waals surface area contributed by atoms with Crippen molar-refractivity contribution in [3.63, 3.8) is 0 Å². The molecule has 2 fully saturated rings. The van der Waals surface area contributed by atoms with Crippen molar-refractivity contribution in [2.24, 2.45) is 17.8 Å². The summed E-state index contributed by atoms with van der Waals surface area (Å²) in [5.74, 6) is -2.85. The molecule has 1 aromatic carbocycles. The highest BCUT2D eigenvalue weighted by Crippen LogP contribution is 2.49. The van der Waals surface area contributed by atoms with E-state index >= 15 is 0 Å². The number of carbonyl (C=O) groups excluding carboxylic acids is 4. The Hall–Kier alpha value is -3.22. The van der Waals surface area contributed by atoms with Crippen LogP contribution in [0.25, 0.3) is 0 Å². The maximum Gasteiger partial charge on any atom is 0.334 e. The zero-order chi connectivity index (χ0) is 21.6. The number of fused-ring (bicyclic) bond motifs is 3. The summed E-state index contributed by atoms with van der Waals surface area (Å²) in [5, 5.41) is 9.38. The number of phenols is 1. The van der Waals surface area contributed by atoms with Crippen molar-refractivity contribution in [3.8, 4) is 5.75 Å². The van der Waals surface area contributed by atoms with Crippen molar-refractivity contribution >= 4 is 24.0 Å². The van der Waals surface area contributed by atoms with Crippen LogP contribution in [0.1, 0.15) is 25.3 Å². The number of ketones is 1. The Labute approximate surface area is 173 Å². The number of hydrogen-bond acceptors (Lipinski definition) is 7. The van der Waals surface area contributed by atoms with Gasteiger partial charge in [0.05, 0.1) is 12.3 Å². The fraction of sp³-hybridized carbons (Fsp3) is 0.391. The summed E-state index contributed by atoms with van der Waals surface area (Å²) in [6.07, 6.45) is -0.390. The largest absolute Gasteiger partial charge is 0.508 e. The molecule has 0 bridgehead atoms. The molecule has 1 N–H and O–H groups in total. The molecule has 0 spiro atoms. The molecule has 1 saturated carbocycles. The van der Waals surface area contributed by atoms with Crippen LogP contribution in [0, 0.1) is 17.8 Å². The minimum absolute atomic E-state index is 0.00954. The van der Waals surface area contributed by atoms with Crippen LogP contribution in [0.4, 0.5) is 0 Å². The van der Waals surface area contributed by atoms with Crippen LogP contribution in [0.3, 0.4) is 0 Å². The lowest BCUT2D eigenvalue weighted by Crippen LogP contribution is -2.37. The average Bonchev–Trinajstić information content (AvgIpc) is 3.15. The summed E-state index contributed by atoms with van der Waals surface area (Å²) in [5.41, 5.74) is 2.13. The van der Waals surface area contributed by atoms with Gasteiger partial charge in [-0.2, -0.15) is 0 Å². The number of Topliss-reactive ketones (excluding diaryl/α,β-unsaturated/α-hetero) is 1. The first-order chi connectivity index (χ1) is 14.3. The molecular formula is C23H22O7. The van der Waals surface area contributed by atoms with Crippen molar-refractivity contribution in [2.75, 3.05) is 0 Å². The van der Waals surface area contributed by atoms with Crippen molar-refractivity contribution in [3.05, 3.63) is 53.1 Å². The van der Waals surface area contributed by atoms with Crippen molar-refractivity contribution in [2.45, 2.75) is 38.4 Å². The number of ether oxygens (including phenoxy) is 2. The molecule has 3 aliphatic rings. The SMILES string of the molecule is C=C1C(=O)O[C@H]2[C@H]1[C@@H](OC(=O)Cc1ccc(O)cc1)CC(C)=C1C(=O)C[C@H](C=O)[C@@H]12. The second kappa shape index (κ2) is 7.55. The lowest BCUT2D eigenvalue weighted by Gasteiger charge is -2.28. The summed E-state index contributed by atoms with van der Waals surface area (Å²) in [4.78, 5) is 49.1. The van der Waals surface area contributed by atoms with E-state index in [0.29, 0.717) is 11.1 Å². The van der Waals surface area contributed by atoms with Gasteiger partial charge in [-0.25, -0.2) is 4.79 Å². The molecular weight excluding hydrogens is 388 g/mol. The Balaban J connectivity index is 1.63. The maximum absolute atomic E-state index is 12.6. The van der Waals surface area contributed by atoms with Crippen LogP contribution >= 0.6 is 0 Å². The van der Waals surface area contributed by atoms with Crippen LogP contribution in [0.15, 0.2) is 47.6 Å². The first-order valence-electron chi connectivity index (χ1n) is 9.85. The van der Waals surface area contributed by atoms with Crippen molar-refractivity contribution in [1.82, 2.24) is 0 Å². The van der Waals surface area contributed by atoms with Crippen LogP contribution in [-0.2, 0) is 35.1 Å². The second-order valence-corrected chi connectivity index (χ2v) is 8.14. The van der Waals surface area contributed by atoms with Crippen LogP contribution < -0.4 is 0 Å². The van der Waals surface area contributed by atoms with Gasteiger partial charge in [0, 0.05) is 35.8 Å². The van der Waals surface area contributed by atoms with Gasteiger partial charge in [-0.1, -0.05) is 24.3 Å². The van der Waals surface area contributed by atoms with Gasteiger partial charge in [0.1, 0.15) is 24.2 Å². The number of hydrogen-bond donors (Lipinski definition) is 1. The summed E-state index contributed by atoms with van der Waals surface area (Å²) in [6.45, 7) is 5.63. The van der Waals surface area contributed by atoms with Crippen LogP contribution in [0.2, 0.25) is 0 Å². The number of carbonyl (C=O) groups is 4. The number of esters is 2. The molecule has 1 saturated heterocycles. The van der Waals surface area contributed by atoms with E-state index in [1.165, 1.54) is 12.1 Å². The topological polar surface area (TPSA) is 107 Å². The van der Waals surface area contributed by atoms with Gasteiger partial charge in [-0.15, -0.1) is 0 Å². The van der Waals surface area contributed by atoms with E-state index in [0.717, 1.165) is 11.9 Å². The lowest BCUT2D eigenvalue weighted by atomic mass is 9.80. The fourth-order valence-corrected chi connectivity index (χ4v) is 4.90. The predicted octanol–water partition coefficient (Wildman–Crippen LogP) is 2.07. The van der Waals surface area contributed by atoms with E-state index in [-0.39, 0.29) is 36.4 Å². The Kier molecular flexibility index (Phi) is 5.05. The number of rotatable bonds is 4. The number of phenolic OH excluding ortho intramolecular Hbond substituents is 1. The average molecular weight is 410 g/mol. The lowest BCUT2D eigenvalue weighted by molar-refractivity contribution is -0.152. The zero-order valence-corrected chi connectivity index (χ0v) is 16.5. The third-order valence-corrected chi connectivity index (χ3v) is 6.24. The monoisotopic (exact) mass is 410 g/mol. The van der Waals surface area contributed by atoms with Crippen LogP contribution in [0.5, 0.6) is 5.75 Å². The van der Waals surface area contributed by atoms with E-state index < -0.39 is 41.9 Å². The Morgan fingerprint density at radius 1 is 1.23 bits per heavy atom. The highest BCUT2D eigenvalue weighted by molar-refractivity contribution is 6.02. The molecule has 156 valence electrons. The first-order valence-corrected chi connectivity index (χ1v) is 9.85. The van der Waals surface area contributed by atoms with Gasteiger partial charge in [0.2, 0.25) is 0 Å². The highest BCUT2D eigenvalue weighted by atomic mass is 16.6. The molecule has 7 nitrogen and oxygen atoms in total. The number of aldehydes is 1. The molecule has 1 aromatic rings. The normalized spacial score (nSPS) is 30.4. The molecule has 30 heavy (non-hydrogen) atoms. The zero-order valence-electron chi connectivity index (χ0n) is 16.5. The number of benzene rings is 1. The van der Waals surface area contributed by atoms with Crippen molar-refractivity contribution in [1.29, 1.82) is 0 Å². The molecule has 2 aliphatic carbocycles. The summed E-state index contributed by atoms with van der Waals surface area (Å²) in [7, 11) is 0. The fourth-order valence-electron chi connectivity index (χ4n) is 4.90. The molecule has 1 heterocycles. The van der Waals surface area contributed by atoms with Gasteiger partial charge in [-0.3, -0.25) is 9.59 Å². The molecule has 1 aliphatic heterocycles. The first kappa shape index (κ1) is 20.1. The van der Waals surface area contributed by atoms with Gasteiger partial charge in [0.15, 0.2) is 5.78 Å². The molecule has 0 radical (unpaired) electrons. The van der Waals surface area contributed by atoms with Crippen molar-refractivity contribution < 1.29 is 33.8 Å². The molecule has 7 heteroatoms. The van der Waals surface area contributed by atoms with E-state index in [2.05, 4.69) is 6.58 Å². The number of aromatic hydroxyl groups is 1. The van der Waals surface area contributed by atoms with Gasteiger partial charge >= 0.3 is 11.9 Å². The molecule has 0 amide bonds. The van der Waals surface area contributed by atoms with Gasteiger partial charge in [-0.05, 0) is 24.6 Å². The van der Waals surface area contributed by atoms with E-state index in [4.69, 9.17) is 9.47 Å². The predicted molar refractivity (Wildman–Crippen MR) is 104 cm³/mol. The quantitative estimate of drug-likeness (QED) is 0.460.